The number of nitrogens with zero attached hydrogens (tertiary/aromatic N) is 2. The number of hydrogen-bond donors (Lipinski definition) is 1. The van der Waals surface area contributed by atoms with E-state index in [-0.39, 0.29) is 0 Å². The van der Waals surface area contributed by atoms with Gasteiger partial charge in [-0.15, -0.1) is 10.2 Å². The second-order valence-electron chi connectivity index (χ2n) is 6.48. The maximum absolute atomic E-state index is 5.65. The van der Waals surface area contributed by atoms with E-state index in [0.29, 0.717) is 5.41 Å². The Morgan fingerprint density at radius 2 is 1.83 bits per heavy atom. The number of rotatable bonds is 7. The van der Waals surface area contributed by atoms with Gasteiger partial charge in [-0.1, -0.05) is 20.8 Å². The molecule has 4 heteroatoms. The SMILES string of the molecule is CC(C)(C)CCc1nnc(CCCNC2CC2)o1. The molecular weight excluding hydrogens is 226 g/mol. The van der Waals surface area contributed by atoms with Gasteiger partial charge < -0.3 is 9.73 Å². The van der Waals surface area contributed by atoms with E-state index in [4.69, 9.17) is 4.42 Å². The topological polar surface area (TPSA) is 51.0 Å². The lowest BCUT2D eigenvalue weighted by atomic mass is 9.91. The molecule has 1 aromatic heterocycles. The molecule has 18 heavy (non-hydrogen) atoms. The van der Waals surface area contributed by atoms with Crippen LogP contribution in [0.5, 0.6) is 0 Å². The van der Waals surface area contributed by atoms with Crippen LogP contribution in [0.15, 0.2) is 4.42 Å². The Labute approximate surface area is 110 Å². The number of hydrogen-bond acceptors (Lipinski definition) is 4. The molecule has 0 bridgehead atoms. The van der Waals surface area contributed by atoms with Crippen LogP contribution in [0.25, 0.3) is 0 Å². The minimum absolute atomic E-state index is 0.322. The molecular formula is C14H25N3O. The average Bonchev–Trinajstić information content (AvgIpc) is 3.00. The van der Waals surface area contributed by atoms with Gasteiger partial charge in [-0.3, -0.25) is 0 Å². The summed E-state index contributed by atoms with van der Waals surface area (Å²) in [5.74, 6) is 1.58. The molecule has 1 N–H and O–H groups in total. The highest BCUT2D eigenvalue weighted by atomic mass is 16.4. The molecule has 1 saturated carbocycles. The Hall–Kier alpha value is -0.900. The minimum Gasteiger partial charge on any atom is -0.425 e. The zero-order valence-electron chi connectivity index (χ0n) is 11.8. The Morgan fingerprint density at radius 3 is 2.44 bits per heavy atom. The molecule has 1 heterocycles. The van der Waals surface area contributed by atoms with Crippen LogP contribution in [0.1, 0.15) is 58.2 Å². The van der Waals surface area contributed by atoms with Gasteiger partial charge in [0.25, 0.3) is 0 Å². The normalized spacial score (nSPS) is 16.2. The van der Waals surface area contributed by atoms with Crippen LogP contribution in [0.2, 0.25) is 0 Å². The fourth-order valence-corrected chi connectivity index (χ4v) is 1.81. The predicted octanol–water partition coefficient (Wildman–Crippen LogP) is 2.73. The molecule has 1 aromatic rings. The third-order valence-electron chi connectivity index (χ3n) is 3.18. The van der Waals surface area contributed by atoms with Crippen molar-refractivity contribution in [3.05, 3.63) is 11.8 Å². The van der Waals surface area contributed by atoms with E-state index in [0.717, 1.165) is 50.1 Å². The summed E-state index contributed by atoms with van der Waals surface area (Å²) in [6.07, 6.45) is 6.63. The summed E-state index contributed by atoms with van der Waals surface area (Å²) in [4.78, 5) is 0. The highest BCUT2D eigenvalue weighted by molar-refractivity contribution is 4.85. The molecule has 0 atom stereocenters. The summed E-state index contributed by atoms with van der Waals surface area (Å²) in [6, 6.07) is 0.787. The lowest BCUT2D eigenvalue weighted by Gasteiger charge is -2.15. The molecule has 4 nitrogen and oxygen atoms in total. The summed E-state index contributed by atoms with van der Waals surface area (Å²) in [6.45, 7) is 7.75. The molecule has 0 saturated heterocycles. The van der Waals surface area contributed by atoms with Crippen molar-refractivity contribution in [3.8, 4) is 0 Å². The number of aromatic nitrogens is 2. The predicted molar refractivity (Wildman–Crippen MR) is 71.4 cm³/mol. The largest absolute Gasteiger partial charge is 0.425 e. The van der Waals surface area contributed by atoms with Gasteiger partial charge in [-0.05, 0) is 37.6 Å². The first-order chi connectivity index (χ1) is 8.53. The Balaban J connectivity index is 1.65. The molecule has 0 amide bonds. The zero-order valence-corrected chi connectivity index (χ0v) is 11.8. The van der Waals surface area contributed by atoms with Crippen LogP contribution in [-0.4, -0.2) is 22.8 Å². The molecule has 0 aliphatic heterocycles. The highest BCUT2D eigenvalue weighted by Gasteiger charge is 2.19. The fraction of sp³-hybridized carbons (Fsp3) is 0.857. The fourth-order valence-electron chi connectivity index (χ4n) is 1.81. The minimum atomic E-state index is 0.322. The van der Waals surface area contributed by atoms with Gasteiger partial charge in [0.05, 0.1) is 0 Å². The van der Waals surface area contributed by atoms with Gasteiger partial charge in [-0.2, -0.15) is 0 Å². The first-order valence-corrected chi connectivity index (χ1v) is 7.07. The summed E-state index contributed by atoms with van der Waals surface area (Å²) in [7, 11) is 0. The van der Waals surface area contributed by atoms with Crippen molar-refractivity contribution in [2.75, 3.05) is 6.54 Å². The molecule has 1 fully saturated rings. The quantitative estimate of drug-likeness (QED) is 0.757. The second kappa shape index (κ2) is 5.83. The van der Waals surface area contributed by atoms with Gasteiger partial charge in [0.2, 0.25) is 11.8 Å². The number of aryl methyl sites for hydroxylation is 2. The third kappa shape index (κ3) is 5.17. The lowest BCUT2D eigenvalue weighted by Crippen LogP contribution is -2.17. The molecule has 0 aromatic carbocycles. The number of nitrogens with one attached hydrogen (secondary N) is 1. The molecule has 2 rings (SSSR count). The van der Waals surface area contributed by atoms with Crippen LogP contribution in [0.4, 0.5) is 0 Å². The Bertz CT molecular complexity index is 363. The van der Waals surface area contributed by atoms with Gasteiger partial charge in [0.15, 0.2) is 0 Å². The zero-order chi connectivity index (χ0) is 13.0. The molecule has 1 aliphatic rings. The molecule has 0 unspecified atom stereocenters. The van der Waals surface area contributed by atoms with Gasteiger partial charge in [0, 0.05) is 18.9 Å². The highest BCUT2D eigenvalue weighted by Crippen LogP contribution is 2.21. The van der Waals surface area contributed by atoms with Crippen LogP contribution in [0, 0.1) is 5.41 Å². The van der Waals surface area contributed by atoms with Crippen molar-refractivity contribution in [2.45, 2.75) is 65.3 Å². The van der Waals surface area contributed by atoms with Crippen LogP contribution < -0.4 is 5.32 Å². The smallest absolute Gasteiger partial charge is 0.216 e. The van der Waals surface area contributed by atoms with Crippen molar-refractivity contribution in [1.29, 1.82) is 0 Å². The van der Waals surface area contributed by atoms with Crippen molar-refractivity contribution in [1.82, 2.24) is 15.5 Å². The second-order valence-corrected chi connectivity index (χ2v) is 6.48. The van der Waals surface area contributed by atoms with Crippen molar-refractivity contribution < 1.29 is 4.42 Å². The Kier molecular flexibility index (Phi) is 4.38. The molecule has 102 valence electrons. The van der Waals surface area contributed by atoms with Gasteiger partial charge in [-0.25, -0.2) is 0 Å². The van der Waals surface area contributed by atoms with Crippen LogP contribution >= 0.6 is 0 Å². The van der Waals surface area contributed by atoms with Crippen LogP contribution in [0.3, 0.4) is 0 Å². The summed E-state index contributed by atoms with van der Waals surface area (Å²) >= 11 is 0. The maximum Gasteiger partial charge on any atom is 0.216 e. The maximum atomic E-state index is 5.65. The van der Waals surface area contributed by atoms with Crippen molar-refractivity contribution >= 4 is 0 Å². The van der Waals surface area contributed by atoms with E-state index < -0.39 is 0 Å². The molecule has 0 spiro atoms. The van der Waals surface area contributed by atoms with E-state index in [9.17, 15) is 0 Å². The van der Waals surface area contributed by atoms with Gasteiger partial charge >= 0.3 is 0 Å². The van der Waals surface area contributed by atoms with Crippen molar-refractivity contribution in [3.63, 3.8) is 0 Å². The van der Waals surface area contributed by atoms with Crippen LogP contribution in [-0.2, 0) is 12.8 Å². The van der Waals surface area contributed by atoms with E-state index in [2.05, 4.69) is 36.3 Å². The van der Waals surface area contributed by atoms with E-state index in [1.165, 1.54) is 12.8 Å². The summed E-state index contributed by atoms with van der Waals surface area (Å²) in [5, 5.41) is 11.7. The van der Waals surface area contributed by atoms with E-state index in [1.54, 1.807) is 0 Å². The van der Waals surface area contributed by atoms with Crippen molar-refractivity contribution in [2.24, 2.45) is 5.41 Å². The average molecular weight is 251 g/mol. The summed E-state index contributed by atoms with van der Waals surface area (Å²) < 4.78 is 5.65. The monoisotopic (exact) mass is 251 g/mol. The third-order valence-corrected chi connectivity index (χ3v) is 3.18. The first kappa shape index (κ1) is 13.5. The Morgan fingerprint density at radius 1 is 1.17 bits per heavy atom. The molecule has 0 radical (unpaired) electrons. The first-order valence-electron chi connectivity index (χ1n) is 7.07. The summed E-state index contributed by atoms with van der Waals surface area (Å²) in [5.41, 5.74) is 0.322. The lowest BCUT2D eigenvalue weighted by molar-refractivity contribution is 0.349. The van der Waals surface area contributed by atoms with E-state index >= 15 is 0 Å². The van der Waals surface area contributed by atoms with E-state index in [1.807, 2.05) is 0 Å². The molecule has 1 aliphatic carbocycles. The van der Waals surface area contributed by atoms with Gasteiger partial charge in [0.1, 0.15) is 0 Å². The standard InChI is InChI=1S/C14H25N3O/c1-14(2,3)9-8-13-17-16-12(18-13)5-4-10-15-11-6-7-11/h11,15H,4-10H2,1-3H3.